The number of Topliss-reactive ketones (excluding diaryl/α,β-unsaturated/α-hetero) is 1. The van der Waals surface area contributed by atoms with Crippen LogP contribution >= 0.6 is 11.3 Å². The third kappa shape index (κ3) is 4.47. The molecule has 1 unspecified atom stereocenters. The van der Waals surface area contributed by atoms with Crippen molar-refractivity contribution in [3.63, 3.8) is 0 Å². The highest BCUT2D eigenvalue weighted by Crippen LogP contribution is 2.30. The number of pyridine rings is 1. The van der Waals surface area contributed by atoms with E-state index >= 15 is 0 Å². The topological polar surface area (TPSA) is 102 Å². The van der Waals surface area contributed by atoms with Crippen molar-refractivity contribution in [2.45, 2.75) is 25.9 Å². The molecule has 0 saturated carbocycles. The second-order valence-electron chi connectivity index (χ2n) is 6.71. The molecule has 0 radical (unpaired) electrons. The zero-order chi connectivity index (χ0) is 20.9. The molecule has 0 fully saturated rings. The Bertz CT molecular complexity index is 1200. The summed E-state index contributed by atoms with van der Waals surface area (Å²) in [7, 11) is 0. The van der Waals surface area contributed by atoms with Gasteiger partial charge in [-0.3, -0.25) is 9.78 Å². The maximum atomic E-state index is 11.2. The van der Waals surface area contributed by atoms with E-state index in [1.165, 1.54) is 11.3 Å². The molecule has 0 saturated heterocycles. The Balaban J connectivity index is 1.49. The van der Waals surface area contributed by atoms with Gasteiger partial charge >= 0.3 is 6.01 Å². The van der Waals surface area contributed by atoms with E-state index in [2.05, 4.69) is 26.0 Å². The summed E-state index contributed by atoms with van der Waals surface area (Å²) in [5, 5.41) is 10.4. The first kappa shape index (κ1) is 19.6. The number of carbonyl (C=O) groups is 1. The molecule has 7 nitrogen and oxygen atoms in total. The van der Waals surface area contributed by atoms with Crippen LogP contribution in [0, 0.1) is 11.3 Å². The van der Waals surface area contributed by atoms with Crippen LogP contribution in [0.3, 0.4) is 0 Å². The predicted molar refractivity (Wildman–Crippen MR) is 112 cm³/mol. The highest BCUT2D eigenvalue weighted by molar-refractivity contribution is 7.18. The second-order valence-corrected chi connectivity index (χ2v) is 7.77. The third-order valence-electron chi connectivity index (χ3n) is 4.38. The van der Waals surface area contributed by atoms with Crippen LogP contribution in [-0.2, 0) is 17.8 Å². The average Bonchev–Trinajstić information content (AvgIpc) is 3.17. The molecule has 0 aliphatic heterocycles. The van der Waals surface area contributed by atoms with Crippen molar-refractivity contribution < 1.29 is 9.53 Å². The normalized spacial score (nSPS) is 11.7. The number of rotatable bonds is 7. The van der Waals surface area contributed by atoms with Crippen molar-refractivity contribution in [3.05, 3.63) is 76.8 Å². The summed E-state index contributed by atoms with van der Waals surface area (Å²) in [4.78, 5) is 28.4. The molecule has 0 amide bonds. The lowest BCUT2D eigenvalue weighted by Crippen LogP contribution is -2.05. The summed E-state index contributed by atoms with van der Waals surface area (Å²) in [5.41, 5.74) is 3.20. The van der Waals surface area contributed by atoms with E-state index in [9.17, 15) is 10.1 Å². The van der Waals surface area contributed by atoms with Crippen LogP contribution in [-0.4, -0.2) is 25.7 Å². The van der Waals surface area contributed by atoms with Gasteiger partial charge < -0.3 is 4.74 Å². The van der Waals surface area contributed by atoms with Crippen LogP contribution in [0.1, 0.15) is 34.7 Å². The molecule has 3 heterocycles. The van der Waals surface area contributed by atoms with E-state index in [0.717, 1.165) is 21.3 Å². The summed E-state index contributed by atoms with van der Waals surface area (Å²) in [6.45, 7) is 1.86. The molecule has 1 aromatic carbocycles. The third-order valence-corrected chi connectivity index (χ3v) is 5.48. The number of nitriles is 1. The fourth-order valence-electron chi connectivity index (χ4n) is 2.94. The number of benzene rings is 1. The summed E-state index contributed by atoms with van der Waals surface area (Å²) >= 11 is 1.45. The van der Waals surface area contributed by atoms with E-state index < -0.39 is 5.92 Å². The second kappa shape index (κ2) is 8.76. The largest absolute Gasteiger partial charge is 0.459 e. The van der Waals surface area contributed by atoms with Crippen molar-refractivity contribution in [1.82, 2.24) is 19.9 Å². The molecule has 0 N–H and O–H groups in total. The van der Waals surface area contributed by atoms with Gasteiger partial charge in [-0.2, -0.15) is 10.2 Å². The first-order valence-corrected chi connectivity index (χ1v) is 10.1. The molecule has 0 aliphatic rings. The molecule has 4 aromatic rings. The fraction of sp³-hybridized carbons (Fsp3) is 0.182. The zero-order valence-electron chi connectivity index (χ0n) is 16.1. The van der Waals surface area contributed by atoms with Crippen molar-refractivity contribution >= 4 is 27.3 Å². The van der Waals surface area contributed by atoms with Crippen molar-refractivity contribution in [1.29, 1.82) is 5.26 Å². The van der Waals surface area contributed by atoms with E-state index in [4.69, 9.17) is 4.74 Å². The number of nitrogens with zero attached hydrogens (tertiary/aromatic N) is 5. The van der Waals surface area contributed by atoms with E-state index in [0.29, 0.717) is 17.1 Å². The zero-order valence-corrected chi connectivity index (χ0v) is 17.0. The van der Waals surface area contributed by atoms with Crippen LogP contribution in [0.4, 0.5) is 0 Å². The van der Waals surface area contributed by atoms with Gasteiger partial charge in [0.2, 0.25) is 0 Å². The molecular formula is C22H17N5O2S. The van der Waals surface area contributed by atoms with Gasteiger partial charge in [-0.25, -0.2) is 9.97 Å². The Morgan fingerprint density at radius 3 is 2.67 bits per heavy atom. The molecule has 8 heteroatoms. The van der Waals surface area contributed by atoms with Gasteiger partial charge in [-0.15, -0.1) is 11.3 Å². The number of ether oxygens (including phenoxy) is 1. The summed E-state index contributed by atoms with van der Waals surface area (Å²) in [5.74, 6) is -0.487. The average molecular weight is 415 g/mol. The van der Waals surface area contributed by atoms with Crippen molar-refractivity contribution in [2.24, 2.45) is 0 Å². The smallest absolute Gasteiger partial charge is 0.316 e. The first-order valence-electron chi connectivity index (χ1n) is 9.25. The number of fused-ring (bicyclic) bond motifs is 1. The predicted octanol–water partition coefficient (Wildman–Crippen LogP) is 3.85. The Labute approximate surface area is 177 Å². The maximum absolute atomic E-state index is 11.2. The lowest BCUT2D eigenvalue weighted by Gasteiger charge is -2.08. The minimum Gasteiger partial charge on any atom is -0.459 e. The van der Waals surface area contributed by atoms with Crippen molar-refractivity contribution in [2.75, 3.05) is 0 Å². The molecule has 0 bridgehead atoms. The summed E-state index contributed by atoms with van der Waals surface area (Å²) < 4.78 is 6.69. The molecule has 3 aromatic heterocycles. The van der Waals surface area contributed by atoms with Gasteiger partial charge in [0.15, 0.2) is 0 Å². The lowest BCUT2D eigenvalue weighted by molar-refractivity contribution is -0.116. The van der Waals surface area contributed by atoms with Crippen LogP contribution in [0.2, 0.25) is 0 Å². The van der Waals surface area contributed by atoms with E-state index in [1.807, 2.05) is 30.3 Å². The van der Waals surface area contributed by atoms with Gasteiger partial charge in [-0.05, 0) is 30.2 Å². The van der Waals surface area contributed by atoms with Gasteiger partial charge in [-0.1, -0.05) is 24.3 Å². The fourth-order valence-corrected chi connectivity index (χ4v) is 3.93. The van der Waals surface area contributed by atoms with Gasteiger partial charge in [0, 0.05) is 18.8 Å². The number of thiazole rings is 1. The van der Waals surface area contributed by atoms with Crippen LogP contribution in [0.5, 0.6) is 6.01 Å². The number of hydrogen-bond donors (Lipinski definition) is 0. The SMILES string of the molecule is CC(=O)Cc1ccc(COc2nccc(C(C#N)c3nc4cnccc4s3)n2)cc1. The number of hydrogen-bond acceptors (Lipinski definition) is 8. The van der Waals surface area contributed by atoms with Gasteiger partial charge in [0.1, 0.15) is 23.3 Å². The van der Waals surface area contributed by atoms with Gasteiger partial charge in [0.25, 0.3) is 0 Å². The van der Waals surface area contributed by atoms with Crippen LogP contribution in [0.25, 0.3) is 10.2 Å². The Morgan fingerprint density at radius 2 is 1.93 bits per heavy atom. The molecule has 1 atom stereocenters. The summed E-state index contributed by atoms with van der Waals surface area (Å²) in [6.07, 6.45) is 5.38. The highest BCUT2D eigenvalue weighted by atomic mass is 32.1. The Morgan fingerprint density at radius 1 is 1.13 bits per heavy atom. The molecular weight excluding hydrogens is 398 g/mol. The minimum atomic E-state index is -0.612. The molecule has 148 valence electrons. The standard InChI is InChI=1S/C22H17N5O2S/c1-14(28)10-15-2-4-16(5-3-15)13-29-22-25-9-6-18(27-22)17(11-23)21-26-19-12-24-8-7-20(19)30-21/h2-9,12,17H,10,13H2,1H3. The van der Waals surface area contributed by atoms with Crippen LogP contribution < -0.4 is 4.74 Å². The Hall–Kier alpha value is -3.70. The molecule has 30 heavy (non-hydrogen) atoms. The first-order chi connectivity index (χ1) is 14.6. The number of aromatic nitrogens is 4. The monoisotopic (exact) mass is 415 g/mol. The molecule has 0 spiro atoms. The quantitative estimate of drug-likeness (QED) is 0.452. The van der Waals surface area contributed by atoms with Gasteiger partial charge in [0.05, 0.1) is 28.2 Å². The number of ketones is 1. The highest BCUT2D eigenvalue weighted by Gasteiger charge is 2.20. The van der Waals surface area contributed by atoms with E-state index in [-0.39, 0.29) is 18.4 Å². The maximum Gasteiger partial charge on any atom is 0.316 e. The molecule has 4 rings (SSSR count). The van der Waals surface area contributed by atoms with Crippen LogP contribution in [0.15, 0.2) is 55.0 Å². The number of carbonyl (C=O) groups excluding carboxylic acids is 1. The lowest BCUT2D eigenvalue weighted by atomic mass is 10.1. The van der Waals surface area contributed by atoms with E-state index in [1.54, 1.807) is 31.6 Å². The Kier molecular flexibility index (Phi) is 5.72. The summed E-state index contributed by atoms with van der Waals surface area (Å²) in [6, 6.07) is 13.7. The molecule has 0 aliphatic carbocycles. The van der Waals surface area contributed by atoms with Crippen molar-refractivity contribution in [3.8, 4) is 12.1 Å². The minimum absolute atomic E-state index is 0.126.